The van der Waals surface area contributed by atoms with Crippen molar-refractivity contribution in [2.45, 2.75) is 19.4 Å². The van der Waals surface area contributed by atoms with Gasteiger partial charge in [0.05, 0.1) is 6.10 Å². The Morgan fingerprint density at radius 1 is 1.62 bits per heavy atom. The van der Waals surface area contributed by atoms with E-state index in [-0.39, 0.29) is 0 Å². The summed E-state index contributed by atoms with van der Waals surface area (Å²) in [6.45, 7) is 5.15. The lowest BCUT2D eigenvalue weighted by Gasteiger charge is -2.05. The number of hydrogen-bond acceptors (Lipinski definition) is 2. The second kappa shape index (κ2) is 3.05. The topological polar surface area (TPSA) is 21.3 Å². The van der Waals surface area contributed by atoms with E-state index in [2.05, 4.69) is 12.2 Å². The molecule has 1 unspecified atom stereocenters. The van der Waals surface area contributed by atoms with Crippen LogP contribution >= 0.6 is 0 Å². The van der Waals surface area contributed by atoms with Crippen LogP contribution in [0.4, 0.5) is 0 Å². The van der Waals surface area contributed by atoms with Crippen LogP contribution in [-0.2, 0) is 4.74 Å². The summed E-state index contributed by atoms with van der Waals surface area (Å²) in [6.07, 6.45) is 1.57. The van der Waals surface area contributed by atoms with Gasteiger partial charge in [-0.05, 0) is 19.9 Å². The minimum absolute atomic E-state index is 0.414. The van der Waals surface area contributed by atoms with Crippen molar-refractivity contribution in [3.05, 3.63) is 0 Å². The Morgan fingerprint density at radius 2 is 2.50 bits per heavy atom. The summed E-state index contributed by atoms with van der Waals surface area (Å²) >= 11 is 0. The van der Waals surface area contributed by atoms with Gasteiger partial charge in [0.15, 0.2) is 0 Å². The molecule has 0 spiro atoms. The average Bonchev–Trinajstić information content (AvgIpc) is 1.94. The van der Waals surface area contributed by atoms with Crippen LogP contribution in [0.25, 0.3) is 0 Å². The number of nitrogens with one attached hydrogen (secondary N) is 1. The summed E-state index contributed by atoms with van der Waals surface area (Å²) < 4.78 is 5.34. The lowest BCUT2D eigenvalue weighted by molar-refractivity contribution is 0.0804. The third-order valence-electron chi connectivity index (χ3n) is 1.33. The Morgan fingerprint density at radius 3 is 3.38 bits per heavy atom. The molecule has 0 aromatic carbocycles. The van der Waals surface area contributed by atoms with Gasteiger partial charge in [-0.15, -0.1) is 0 Å². The molecule has 1 rings (SSSR count). The second-order valence-electron chi connectivity index (χ2n) is 2.24. The van der Waals surface area contributed by atoms with E-state index >= 15 is 0 Å². The zero-order chi connectivity index (χ0) is 5.82. The number of ether oxygens (including phenoxy) is 1. The molecular weight excluding hydrogens is 102 g/mol. The normalized spacial score (nSPS) is 31.9. The molecule has 1 aliphatic heterocycles. The van der Waals surface area contributed by atoms with Gasteiger partial charge in [-0.25, -0.2) is 0 Å². The zero-order valence-corrected chi connectivity index (χ0v) is 5.31. The highest BCUT2D eigenvalue weighted by molar-refractivity contribution is 4.59. The quantitative estimate of drug-likeness (QED) is 0.493. The maximum atomic E-state index is 5.34. The zero-order valence-electron chi connectivity index (χ0n) is 5.31. The molecule has 1 N–H and O–H groups in total. The predicted molar refractivity (Wildman–Crippen MR) is 32.9 cm³/mol. The first-order valence-corrected chi connectivity index (χ1v) is 3.22. The van der Waals surface area contributed by atoms with Crippen molar-refractivity contribution < 1.29 is 4.74 Å². The number of rotatable bonds is 0. The van der Waals surface area contributed by atoms with Gasteiger partial charge in [-0.1, -0.05) is 0 Å². The summed E-state index contributed by atoms with van der Waals surface area (Å²) in [5.41, 5.74) is 0. The highest BCUT2D eigenvalue weighted by atomic mass is 16.5. The van der Waals surface area contributed by atoms with Crippen molar-refractivity contribution in [3.63, 3.8) is 0 Å². The lowest BCUT2D eigenvalue weighted by Crippen LogP contribution is -2.22. The van der Waals surface area contributed by atoms with Crippen molar-refractivity contribution in [1.29, 1.82) is 0 Å². The van der Waals surface area contributed by atoms with Crippen molar-refractivity contribution in [1.82, 2.24) is 5.32 Å². The van der Waals surface area contributed by atoms with Crippen molar-refractivity contribution in [3.8, 4) is 0 Å². The molecule has 1 fully saturated rings. The Balaban J connectivity index is 2.17. The molecule has 1 aliphatic rings. The van der Waals surface area contributed by atoms with E-state index in [9.17, 15) is 0 Å². The van der Waals surface area contributed by atoms with Gasteiger partial charge in [0.2, 0.25) is 0 Å². The SMILES string of the molecule is CC1CNCCCO1. The van der Waals surface area contributed by atoms with E-state index in [0.717, 1.165) is 26.1 Å². The van der Waals surface area contributed by atoms with Gasteiger partial charge in [-0.2, -0.15) is 0 Å². The van der Waals surface area contributed by atoms with E-state index in [1.54, 1.807) is 0 Å². The summed E-state index contributed by atoms with van der Waals surface area (Å²) in [4.78, 5) is 0. The smallest absolute Gasteiger partial charge is 0.0671 e. The fourth-order valence-corrected chi connectivity index (χ4v) is 0.846. The molecule has 2 heteroatoms. The van der Waals surface area contributed by atoms with E-state index in [0.29, 0.717) is 6.10 Å². The molecule has 0 bridgehead atoms. The molecule has 8 heavy (non-hydrogen) atoms. The van der Waals surface area contributed by atoms with Gasteiger partial charge < -0.3 is 10.1 Å². The van der Waals surface area contributed by atoms with Gasteiger partial charge >= 0.3 is 0 Å². The summed E-state index contributed by atoms with van der Waals surface area (Å²) in [7, 11) is 0. The number of hydrogen-bond donors (Lipinski definition) is 1. The van der Waals surface area contributed by atoms with Crippen molar-refractivity contribution in [2.24, 2.45) is 0 Å². The van der Waals surface area contributed by atoms with Gasteiger partial charge in [0, 0.05) is 13.2 Å². The van der Waals surface area contributed by atoms with Gasteiger partial charge in [0.25, 0.3) is 0 Å². The molecule has 1 atom stereocenters. The highest BCUT2D eigenvalue weighted by Crippen LogP contribution is 1.94. The molecule has 0 aromatic rings. The second-order valence-corrected chi connectivity index (χ2v) is 2.24. The first kappa shape index (κ1) is 6.05. The van der Waals surface area contributed by atoms with Gasteiger partial charge in [0.1, 0.15) is 0 Å². The summed E-state index contributed by atoms with van der Waals surface area (Å²) in [5.74, 6) is 0. The fraction of sp³-hybridized carbons (Fsp3) is 1.00. The molecule has 0 amide bonds. The highest BCUT2D eigenvalue weighted by Gasteiger charge is 2.03. The van der Waals surface area contributed by atoms with Gasteiger partial charge in [-0.3, -0.25) is 0 Å². The molecule has 0 aliphatic carbocycles. The molecule has 0 saturated carbocycles. The largest absolute Gasteiger partial charge is 0.377 e. The van der Waals surface area contributed by atoms with Crippen LogP contribution in [0.5, 0.6) is 0 Å². The van der Waals surface area contributed by atoms with Crippen LogP contribution in [0.3, 0.4) is 0 Å². The summed E-state index contributed by atoms with van der Waals surface area (Å²) in [5, 5.41) is 3.27. The van der Waals surface area contributed by atoms with E-state index < -0.39 is 0 Å². The van der Waals surface area contributed by atoms with Crippen molar-refractivity contribution >= 4 is 0 Å². The first-order valence-electron chi connectivity index (χ1n) is 3.22. The first-order chi connectivity index (χ1) is 3.89. The molecule has 2 nitrogen and oxygen atoms in total. The van der Waals surface area contributed by atoms with Crippen molar-refractivity contribution in [2.75, 3.05) is 19.7 Å². The molecular formula is C6H13NO. The monoisotopic (exact) mass is 115 g/mol. The Bertz CT molecular complexity index is 57.5. The Hall–Kier alpha value is -0.0800. The molecule has 1 heterocycles. The Kier molecular flexibility index (Phi) is 2.30. The van der Waals surface area contributed by atoms with Crippen LogP contribution in [0.15, 0.2) is 0 Å². The summed E-state index contributed by atoms with van der Waals surface area (Å²) in [6, 6.07) is 0. The molecule has 0 aromatic heterocycles. The van der Waals surface area contributed by atoms with E-state index in [4.69, 9.17) is 4.74 Å². The lowest BCUT2D eigenvalue weighted by atomic mass is 10.4. The maximum Gasteiger partial charge on any atom is 0.0671 e. The van der Waals surface area contributed by atoms with Crippen LogP contribution in [0.1, 0.15) is 13.3 Å². The molecule has 0 radical (unpaired) electrons. The average molecular weight is 115 g/mol. The minimum Gasteiger partial charge on any atom is -0.377 e. The maximum absolute atomic E-state index is 5.34. The third kappa shape index (κ3) is 1.80. The molecule has 1 saturated heterocycles. The van der Waals surface area contributed by atoms with E-state index in [1.807, 2.05) is 0 Å². The standard InChI is InChI=1S/C6H13NO/c1-6-5-7-3-2-4-8-6/h6-7H,2-5H2,1H3. The molecule has 48 valence electrons. The Labute approximate surface area is 50.2 Å². The predicted octanol–water partition coefficient (Wildman–Crippen LogP) is 0.385. The van der Waals surface area contributed by atoms with E-state index in [1.165, 1.54) is 0 Å². The van der Waals surface area contributed by atoms with Crippen LogP contribution in [0, 0.1) is 0 Å². The van der Waals surface area contributed by atoms with Crippen LogP contribution < -0.4 is 5.32 Å². The van der Waals surface area contributed by atoms with Crippen LogP contribution in [0.2, 0.25) is 0 Å². The van der Waals surface area contributed by atoms with Crippen LogP contribution in [-0.4, -0.2) is 25.8 Å². The minimum atomic E-state index is 0.414. The fourth-order valence-electron chi connectivity index (χ4n) is 0.846. The third-order valence-corrected chi connectivity index (χ3v) is 1.33.